The smallest absolute Gasteiger partial charge is 0.169 e. The second kappa shape index (κ2) is 9.61. The molecule has 0 amide bonds. The Balaban J connectivity index is 1.57. The van der Waals surface area contributed by atoms with E-state index in [9.17, 15) is 5.11 Å². The van der Waals surface area contributed by atoms with E-state index in [1.165, 1.54) is 0 Å². The molecule has 1 saturated heterocycles. The Morgan fingerprint density at radius 1 is 1.16 bits per heavy atom. The molecular formula is C23H27N7O2. The third-order valence-corrected chi connectivity index (χ3v) is 5.61. The first kappa shape index (κ1) is 21.5. The highest BCUT2D eigenvalue weighted by atomic mass is 16.3. The van der Waals surface area contributed by atoms with E-state index in [0.717, 1.165) is 37.6 Å². The molecule has 1 atom stereocenters. The Morgan fingerprint density at radius 3 is 2.81 bits per heavy atom. The summed E-state index contributed by atoms with van der Waals surface area (Å²) in [5.41, 5.74) is 8.20. The van der Waals surface area contributed by atoms with Gasteiger partial charge in [-0.25, -0.2) is 9.97 Å². The van der Waals surface area contributed by atoms with Crippen molar-refractivity contribution < 1.29 is 10.2 Å². The molecule has 1 aliphatic rings. The number of nitrogens with two attached hydrogens (primary N) is 1. The van der Waals surface area contributed by atoms with Crippen molar-refractivity contribution in [3.05, 3.63) is 54.5 Å². The third kappa shape index (κ3) is 4.62. The molecule has 0 bridgehead atoms. The molecule has 32 heavy (non-hydrogen) atoms. The molecule has 9 nitrogen and oxygen atoms in total. The molecule has 4 rings (SSSR count). The maximum Gasteiger partial charge on any atom is 0.169 e. The third-order valence-electron chi connectivity index (χ3n) is 5.61. The first-order chi connectivity index (χ1) is 15.6. The summed E-state index contributed by atoms with van der Waals surface area (Å²) < 4.78 is 0. The van der Waals surface area contributed by atoms with Crippen LogP contribution in [0.25, 0.3) is 17.3 Å². The zero-order valence-electron chi connectivity index (χ0n) is 18.0. The van der Waals surface area contributed by atoms with Gasteiger partial charge in [-0.1, -0.05) is 18.2 Å². The number of anilines is 3. The van der Waals surface area contributed by atoms with Crippen molar-refractivity contribution >= 4 is 23.4 Å². The summed E-state index contributed by atoms with van der Waals surface area (Å²) in [6, 6.07) is 11.1. The van der Waals surface area contributed by atoms with Crippen LogP contribution < -0.4 is 15.5 Å². The van der Waals surface area contributed by atoms with Gasteiger partial charge in [0.2, 0.25) is 0 Å². The highest BCUT2D eigenvalue weighted by molar-refractivity contribution is 5.74. The molecule has 0 spiro atoms. The van der Waals surface area contributed by atoms with Gasteiger partial charge in [-0.15, -0.1) is 10.2 Å². The van der Waals surface area contributed by atoms with Gasteiger partial charge in [0.15, 0.2) is 11.6 Å². The first-order valence-corrected chi connectivity index (χ1v) is 10.6. The van der Waals surface area contributed by atoms with Gasteiger partial charge in [0.05, 0.1) is 18.0 Å². The minimum absolute atomic E-state index is 0.0488. The molecule has 3 heterocycles. The number of para-hydroxylation sites is 1. The number of benzene rings is 1. The van der Waals surface area contributed by atoms with Gasteiger partial charge in [0.1, 0.15) is 11.6 Å². The van der Waals surface area contributed by atoms with Gasteiger partial charge in [-0.3, -0.25) is 0 Å². The number of phenolic OH excluding ortho intramolecular Hbond substituents is 1. The average Bonchev–Trinajstić information content (AvgIpc) is 3.00. The van der Waals surface area contributed by atoms with E-state index in [1.807, 2.05) is 24.3 Å². The summed E-state index contributed by atoms with van der Waals surface area (Å²) in [6.07, 6.45) is 5.97. The van der Waals surface area contributed by atoms with Gasteiger partial charge in [0.25, 0.3) is 0 Å². The van der Waals surface area contributed by atoms with Crippen LogP contribution in [0.5, 0.6) is 5.75 Å². The minimum Gasteiger partial charge on any atom is -0.507 e. The topological polar surface area (TPSA) is 125 Å². The molecule has 3 aromatic rings. The molecular weight excluding hydrogens is 406 g/mol. The molecule has 0 saturated carbocycles. The fraction of sp³-hybridized carbons (Fsp3) is 0.304. The molecule has 1 aliphatic heterocycles. The van der Waals surface area contributed by atoms with Crippen molar-refractivity contribution in [3.63, 3.8) is 0 Å². The number of nitrogen functional groups attached to an aromatic ring is 1. The van der Waals surface area contributed by atoms with E-state index < -0.39 is 0 Å². The van der Waals surface area contributed by atoms with Crippen LogP contribution in [0.4, 0.5) is 17.3 Å². The molecule has 4 N–H and O–H groups in total. The molecule has 1 aromatic carbocycles. The monoisotopic (exact) mass is 433 g/mol. The second-order valence-electron chi connectivity index (χ2n) is 7.69. The number of hydrogen-bond acceptors (Lipinski definition) is 9. The largest absolute Gasteiger partial charge is 0.507 e. The lowest BCUT2D eigenvalue weighted by atomic mass is 10.1. The summed E-state index contributed by atoms with van der Waals surface area (Å²) in [5, 5.41) is 27.5. The predicted octanol–water partition coefficient (Wildman–Crippen LogP) is 2.33. The number of aromatic nitrogens is 4. The van der Waals surface area contributed by atoms with E-state index in [2.05, 4.69) is 36.9 Å². The highest BCUT2D eigenvalue weighted by Gasteiger charge is 2.24. The maximum absolute atomic E-state index is 10.2. The number of aliphatic hydroxyl groups excluding tert-OH is 1. The Bertz CT molecular complexity index is 1110. The van der Waals surface area contributed by atoms with Crippen molar-refractivity contribution in [3.8, 4) is 17.0 Å². The van der Waals surface area contributed by atoms with Crippen LogP contribution >= 0.6 is 0 Å². The normalized spacial score (nSPS) is 17.0. The molecule has 166 valence electrons. The van der Waals surface area contributed by atoms with Gasteiger partial charge in [-0.2, -0.15) is 0 Å². The average molecular weight is 434 g/mol. The lowest BCUT2D eigenvalue weighted by molar-refractivity contribution is 0.343. The molecule has 2 aromatic heterocycles. The first-order valence-electron chi connectivity index (χ1n) is 10.6. The van der Waals surface area contributed by atoms with Crippen LogP contribution in [-0.4, -0.2) is 62.7 Å². The van der Waals surface area contributed by atoms with Crippen LogP contribution in [0.15, 0.2) is 48.7 Å². The van der Waals surface area contributed by atoms with E-state index in [-0.39, 0.29) is 18.4 Å². The summed E-state index contributed by atoms with van der Waals surface area (Å²) in [6.45, 7) is 4.40. The van der Waals surface area contributed by atoms with Gasteiger partial charge in [0, 0.05) is 37.4 Å². The molecule has 9 heteroatoms. The number of rotatable bonds is 5. The standard InChI is InChI=1S/C23H27N7O2/c1-16-9-11-29(12-13-30(16)22-8-10-25-21(26-22)7-4-14-31)19-15-18(27-28-23(19)24)17-5-2-3-6-20(17)32/h2-8,10,15-16,31-32H,9,11-14H2,1H3,(H2,24,28)/t16-/m1/s1. The van der Waals surface area contributed by atoms with Gasteiger partial charge in [-0.05, 0) is 43.7 Å². The van der Waals surface area contributed by atoms with Crippen molar-refractivity contribution in [1.82, 2.24) is 20.2 Å². The van der Waals surface area contributed by atoms with E-state index in [4.69, 9.17) is 10.8 Å². The predicted molar refractivity (Wildman–Crippen MR) is 125 cm³/mol. The molecule has 0 unspecified atom stereocenters. The van der Waals surface area contributed by atoms with Crippen LogP contribution in [0.1, 0.15) is 19.2 Å². The minimum atomic E-state index is -0.0488. The maximum atomic E-state index is 10.2. The number of nitrogens with zero attached hydrogens (tertiary/aromatic N) is 6. The Labute approximate surface area is 186 Å². The zero-order valence-corrected chi connectivity index (χ0v) is 18.0. The number of aliphatic hydroxyl groups is 1. The van der Waals surface area contributed by atoms with Crippen LogP contribution in [0.2, 0.25) is 0 Å². The molecule has 0 radical (unpaired) electrons. The summed E-state index contributed by atoms with van der Waals surface area (Å²) in [7, 11) is 0. The van der Waals surface area contributed by atoms with E-state index in [0.29, 0.717) is 22.9 Å². The lowest BCUT2D eigenvalue weighted by Crippen LogP contribution is -2.35. The Hall–Kier alpha value is -3.72. The van der Waals surface area contributed by atoms with Crippen molar-refractivity contribution in [2.75, 3.05) is 41.8 Å². The Morgan fingerprint density at radius 2 is 2.00 bits per heavy atom. The second-order valence-corrected chi connectivity index (χ2v) is 7.69. The van der Waals surface area contributed by atoms with Crippen LogP contribution in [-0.2, 0) is 0 Å². The van der Waals surface area contributed by atoms with Gasteiger partial charge < -0.3 is 25.7 Å². The van der Waals surface area contributed by atoms with Crippen molar-refractivity contribution in [2.24, 2.45) is 0 Å². The zero-order chi connectivity index (χ0) is 22.5. The summed E-state index contributed by atoms with van der Waals surface area (Å²) in [5.74, 6) is 1.94. The SMILES string of the molecule is C[C@@H]1CCN(c2cc(-c3ccccc3O)nnc2N)CCN1c1ccnc(C=CCO)n1. The fourth-order valence-corrected chi connectivity index (χ4v) is 3.87. The molecule has 1 fully saturated rings. The Kier molecular flexibility index (Phi) is 6.46. The van der Waals surface area contributed by atoms with E-state index >= 15 is 0 Å². The van der Waals surface area contributed by atoms with Crippen LogP contribution in [0.3, 0.4) is 0 Å². The van der Waals surface area contributed by atoms with Crippen molar-refractivity contribution in [2.45, 2.75) is 19.4 Å². The number of hydrogen-bond donors (Lipinski definition) is 3. The molecule has 0 aliphatic carbocycles. The van der Waals surface area contributed by atoms with Crippen LogP contribution in [0, 0.1) is 0 Å². The quantitative estimate of drug-likeness (QED) is 0.556. The number of phenols is 1. The number of aromatic hydroxyl groups is 1. The summed E-state index contributed by atoms with van der Waals surface area (Å²) in [4.78, 5) is 13.3. The van der Waals surface area contributed by atoms with Gasteiger partial charge >= 0.3 is 0 Å². The lowest BCUT2D eigenvalue weighted by Gasteiger charge is -2.28. The fourth-order valence-electron chi connectivity index (χ4n) is 3.87. The van der Waals surface area contributed by atoms with E-state index in [1.54, 1.807) is 30.5 Å². The van der Waals surface area contributed by atoms with Crippen molar-refractivity contribution in [1.29, 1.82) is 0 Å². The summed E-state index contributed by atoms with van der Waals surface area (Å²) >= 11 is 0. The highest BCUT2D eigenvalue weighted by Crippen LogP contribution is 2.32.